The number of thioether (sulfide) groups is 1. The van der Waals surface area contributed by atoms with Gasteiger partial charge in [-0.1, -0.05) is 6.07 Å². The molecule has 2 aromatic carbocycles. The molecule has 2 aliphatic rings. The number of benzene rings is 2. The summed E-state index contributed by atoms with van der Waals surface area (Å²) in [5, 5.41) is 32.3. The van der Waals surface area contributed by atoms with E-state index >= 15 is 0 Å². The van der Waals surface area contributed by atoms with Gasteiger partial charge in [0, 0.05) is 33.0 Å². The lowest BCUT2D eigenvalue weighted by Crippen LogP contribution is -2.80. The monoisotopic (exact) mass is 815 g/mol. The maximum Gasteiger partial charge on any atom is 0.408 e. The number of nitro benzene ring substituents is 1. The molecule has 57 heavy (non-hydrogen) atoms. The number of carboxylic acids is 1. The van der Waals surface area contributed by atoms with Crippen molar-refractivity contribution < 1.29 is 67.4 Å². The zero-order valence-corrected chi connectivity index (χ0v) is 31.6. The first-order chi connectivity index (χ1) is 26.8. The van der Waals surface area contributed by atoms with Gasteiger partial charge in [-0.25, -0.2) is 9.59 Å². The van der Waals surface area contributed by atoms with E-state index in [0.717, 1.165) is 42.6 Å². The van der Waals surface area contributed by atoms with Gasteiger partial charge in [-0.3, -0.25) is 48.6 Å². The molecular weight excluding hydrogens is 778 g/mol. The van der Waals surface area contributed by atoms with E-state index in [1.54, 1.807) is 0 Å². The number of carbonyl (C=O) groups excluding carboxylic acids is 8. The molecule has 6 amide bonds. The van der Waals surface area contributed by atoms with Gasteiger partial charge in [-0.15, -0.1) is 11.8 Å². The van der Waals surface area contributed by atoms with Crippen LogP contribution in [-0.2, 0) is 49.7 Å². The number of non-ortho nitro benzene ring substituents is 1. The van der Waals surface area contributed by atoms with Gasteiger partial charge in [-0.2, -0.15) is 0 Å². The molecule has 23 heteroatoms. The summed E-state index contributed by atoms with van der Waals surface area (Å²) in [5.74, 6) is -8.11. The number of esters is 2. The van der Waals surface area contributed by atoms with E-state index in [1.165, 1.54) is 51.2 Å². The lowest BCUT2D eigenvalue weighted by Gasteiger charge is -2.49. The van der Waals surface area contributed by atoms with E-state index in [1.807, 2.05) is 0 Å². The highest BCUT2D eigenvalue weighted by molar-refractivity contribution is 8.01. The van der Waals surface area contributed by atoms with Crippen LogP contribution < -0.4 is 36.1 Å². The molecule has 2 heterocycles. The molecule has 4 rings (SSSR count). The van der Waals surface area contributed by atoms with Crippen LogP contribution in [0.15, 0.2) is 42.5 Å². The van der Waals surface area contributed by atoms with Gasteiger partial charge < -0.3 is 45.9 Å². The van der Waals surface area contributed by atoms with E-state index < -0.39 is 105 Å². The molecule has 22 nitrogen and oxygen atoms in total. The van der Waals surface area contributed by atoms with E-state index in [2.05, 4.69) is 26.6 Å². The van der Waals surface area contributed by atoms with Gasteiger partial charge in [0.1, 0.15) is 30.1 Å². The van der Waals surface area contributed by atoms with Crippen LogP contribution >= 0.6 is 11.8 Å². The smallest absolute Gasteiger partial charge is 0.408 e. The molecule has 0 spiro atoms. The van der Waals surface area contributed by atoms with Crippen LogP contribution in [0.3, 0.4) is 0 Å². The lowest BCUT2D eigenvalue weighted by molar-refractivity contribution is -0.384. The Morgan fingerprint density at radius 2 is 1.61 bits per heavy atom. The van der Waals surface area contributed by atoms with Gasteiger partial charge in [0.25, 0.3) is 11.6 Å². The number of ether oxygens (including phenoxy) is 3. The number of nitrogens with zero attached hydrogens (tertiary/aromatic N) is 2. The molecule has 6 N–H and O–H groups in total. The Bertz CT molecular complexity index is 2010. The number of nitrogens with one attached hydrogen (secondary N) is 5. The summed E-state index contributed by atoms with van der Waals surface area (Å²) in [6, 6.07) is 3.49. The minimum Gasteiger partial charge on any atom is -0.478 e. The van der Waals surface area contributed by atoms with Crippen molar-refractivity contribution in [2.45, 2.75) is 74.6 Å². The van der Waals surface area contributed by atoms with Crippen molar-refractivity contribution in [3.63, 3.8) is 0 Å². The zero-order valence-electron chi connectivity index (χ0n) is 30.8. The van der Waals surface area contributed by atoms with E-state index in [-0.39, 0.29) is 23.4 Å². The fraction of sp³-hybridized carbons (Fsp3) is 0.382. The highest BCUT2D eigenvalue weighted by atomic mass is 32.2. The van der Waals surface area contributed by atoms with Crippen LogP contribution in [0.1, 0.15) is 51.3 Å². The van der Waals surface area contributed by atoms with Gasteiger partial charge >= 0.3 is 24.0 Å². The largest absolute Gasteiger partial charge is 0.478 e. The maximum atomic E-state index is 14.4. The Labute approximate surface area is 326 Å². The first-order valence-electron chi connectivity index (χ1n) is 16.7. The second kappa shape index (κ2) is 17.3. The summed E-state index contributed by atoms with van der Waals surface area (Å²) >= 11 is 0.970. The molecule has 2 fully saturated rings. The first-order valence-corrected chi connectivity index (χ1v) is 17.6. The number of aliphatic carboxylic acids is 1. The van der Waals surface area contributed by atoms with Gasteiger partial charge in [0.2, 0.25) is 29.8 Å². The number of rotatable bonds is 16. The number of β-lactam (4-membered cyclic amide) rings is 1. The standard InChI is InChI=1S/C34H37N7O15S/c1-16(43)55-22-11-8-19(12-23(22)56-17(2)44)25(28(47)39-34(31(49)50)33(3,4)57-30-26(36-15-42)29(48)40(30)34)38-27(46)21(13-24(45)35-5)37-32(51)54-14-18-6-9-20(10-7-18)41(52)53/h6-12,15,21,25-26,30H,13-14H2,1-5H3,(H,35,45)(H,36,42)(H,37,51)(H,38,46)(H,39,47)(H,49,50)/t21?,25?,26-,30-,34+/m1/s1. The first kappa shape index (κ1) is 43.0. The molecule has 0 radical (unpaired) electrons. The van der Waals surface area contributed by atoms with Crippen molar-refractivity contribution in [3.8, 4) is 11.5 Å². The molecule has 0 saturated carbocycles. The number of hydrogen-bond donors (Lipinski definition) is 6. The lowest BCUT2D eigenvalue weighted by atomic mass is 9.88. The SMILES string of the molecule is CNC(=O)CC(NC(=O)OCc1ccc([N+](=O)[O-])cc1)C(=O)NC(C(=O)N[C@@]1(C(=O)O)N2C(=O)[C@@H](NC=O)[C@H]2SC1(C)C)c1ccc(OC(C)=O)c(OC(C)=O)c1. The number of nitro groups is 1. The maximum absolute atomic E-state index is 14.4. The summed E-state index contributed by atoms with van der Waals surface area (Å²) in [6.07, 6.45) is -1.67. The number of carbonyl (C=O) groups is 9. The predicted octanol–water partition coefficient (Wildman–Crippen LogP) is -0.261. The van der Waals surface area contributed by atoms with Crippen LogP contribution in [0, 0.1) is 10.1 Å². The summed E-state index contributed by atoms with van der Waals surface area (Å²) < 4.78 is 13.9. The normalized spacial score (nSPS) is 19.9. The van der Waals surface area contributed by atoms with Crippen molar-refractivity contribution in [1.29, 1.82) is 0 Å². The number of amides is 6. The van der Waals surface area contributed by atoms with Crippen LogP contribution in [0.5, 0.6) is 11.5 Å². The molecule has 304 valence electrons. The molecule has 5 atom stereocenters. The van der Waals surface area contributed by atoms with Gasteiger partial charge in [0.05, 0.1) is 16.1 Å². The van der Waals surface area contributed by atoms with E-state index in [0.29, 0.717) is 5.56 Å². The summed E-state index contributed by atoms with van der Waals surface area (Å²) in [6.45, 7) is 4.53. The average molecular weight is 816 g/mol. The third-order valence-corrected chi connectivity index (χ3v) is 10.3. The summed E-state index contributed by atoms with van der Waals surface area (Å²) in [5.41, 5.74) is -2.58. The van der Waals surface area contributed by atoms with Gasteiger partial charge in [0.15, 0.2) is 11.5 Å². The zero-order chi connectivity index (χ0) is 42.4. The Kier molecular flexibility index (Phi) is 13.1. The number of hydrogen-bond acceptors (Lipinski definition) is 15. The van der Waals surface area contributed by atoms with Crippen molar-refractivity contribution in [1.82, 2.24) is 31.5 Å². The van der Waals surface area contributed by atoms with Crippen molar-refractivity contribution in [2.75, 3.05) is 7.05 Å². The fourth-order valence-corrected chi connectivity index (χ4v) is 7.69. The Morgan fingerprint density at radius 3 is 2.18 bits per heavy atom. The molecule has 2 aromatic rings. The highest BCUT2D eigenvalue weighted by Gasteiger charge is 2.74. The second-order valence-electron chi connectivity index (χ2n) is 12.9. The van der Waals surface area contributed by atoms with Crippen LogP contribution in [-0.4, -0.2) is 104 Å². The molecule has 0 bridgehead atoms. The quantitative estimate of drug-likeness (QED) is 0.0318. The third kappa shape index (κ3) is 9.20. The van der Waals surface area contributed by atoms with Crippen LogP contribution in [0.4, 0.5) is 10.5 Å². The topological polar surface area (TPSA) is 308 Å². The Morgan fingerprint density at radius 1 is 0.982 bits per heavy atom. The number of fused-ring (bicyclic) bond motifs is 1. The van der Waals surface area contributed by atoms with Crippen LogP contribution in [0.2, 0.25) is 0 Å². The molecule has 2 aliphatic heterocycles. The van der Waals surface area contributed by atoms with Crippen molar-refractivity contribution in [3.05, 3.63) is 63.7 Å². The highest BCUT2D eigenvalue weighted by Crippen LogP contribution is 2.55. The predicted molar refractivity (Wildman–Crippen MR) is 193 cm³/mol. The number of carboxylic acid groups (broad SMARTS) is 1. The van der Waals surface area contributed by atoms with Crippen molar-refractivity contribution >= 4 is 71.5 Å². The fourth-order valence-electron chi connectivity index (χ4n) is 5.98. The summed E-state index contributed by atoms with van der Waals surface area (Å²) in [7, 11) is 1.24. The van der Waals surface area contributed by atoms with Gasteiger partial charge in [-0.05, 0) is 49.2 Å². The Hall–Kier alpha value is -6.78. The Balaban J connectivity index is 1.72. The minimum atomic E-state index is -2.49. The van der Waals surface area contributed by atoms with E-state index in [4.69, 9.17) is 14.2 Å². The minimum absolute atomic E-state index is 0.205. The molecule has 2 unspecified atom stereocenters. The second-order valence-corrected chi connectivity index (χ2v) is 14.6. The third-order valence-electron chi connectivity index (χ3n) is 8.70. The van der Waals surface area contributed by atoms with Crippen LogP contribution in [0.25, 0.3) is 0 Å². The number of alkyl carbamates (subject to hydrolysis) is 1. The summed E-state index contributed by atoms with van der Waals surface area (Å²) in [4.78, 5) is 126. The van der Waals surface area contributed by atoms with E-state index in [9.17, 15) is 58.4 Å². The molecule has 0 aliphatic carbocycles. The molecule has 2 saturated heterocycles. The van der Waals surface area contributed by atoms with Crippen molar-refractivity contribution in [2.24, 2.45) is 0 Å². The molecule has 0 aromatic heterocycles. The average Bonchev–Trinajstić information content (AvgIpc) is 3.35. The molecular formula is C34H37N7O15S.